The smallest absolute Gasteiger partial charge is 0.302 e. The Balaban J connectivity index is 2.21. The van der Waals surface area contributed by atoms with Crippen molar-refractivity contribution in [3.63, 3.8) is 0 Å². The van der Waals surface area contributed by atoms with Gasteiger partial charge >= 0.3 is 5.97 Å². The summed E-state index contributed by atoms with van der Waals surface area (Å²) in [6.45, 7) is 3.92. The number of hydrogen-bond donors (Lipinski definition) is 0. The molecule has 2 nitrogen and oxygen atoms in total. The fraction of sp³-hybridized carbons (Fsp3) is 0.250. The predicted octanol–water partition coefficient (Wildman–Crippen LogP) is 4.44. The SMILES string of the molecule is CCc1cccc(/C=C(\COC(C)=O)Cc2ccccc2)c1. The van der Waals surface area contributed by atoms with Gasteiger partial charge in [-0.1, -0.05) is 67.6 Å². The van der Waals surface area contributed by atoms with Gasteiger partial charge in [-0.25, -0.2) is 0 Å². The molecule has 0 bridgehead atoms. The van der Waals surface area contributed by atoms with E-state index in [1.165, 1.54) is 18.1 Å². The summed E-state index contributed by atoms with van der Waals surface area (Å²) in [7, 11) is 0. The summed E-state index contributed by atoms with van der Waals surface area (Å²) in [5.41, 5.74) is 4.76. The molecular weight excluding hydrogens is 272 g/mol. The van der Waals surface area contributed by atoms with Gasteiger partial charge in [0.25, 0.3) is 0 Å². The monoisotopic (exact) mass is 294 g/mol. The van der Waals surface area contributed by atoms with Gasteiger partial charge in [0.1, 0.15) is 6.61 Å². The van der Waals surface area contributed by atoms with Crippen LogP contribution in [0.3, 0.4) is 0 Å². The molecular formula is C20H22O2. The molecule has 0 spiro atoms. The second kappa shape index (κ2) is 8.18. The van der Waals surface area contributed by atoms with Crippen molar-refractivity contribution in [3.8, 4) is 0 Å². The van der Waals surface area contributed by atoms with E-state index in [0.29, 0.717) is 6.61 Å². The Bertz CT molecular complexity index is 642. The third-order valence-electron chi connectivity index (χ3n) is 3.46. The van der Waals surface area contributed by atoms with Crippen LogP contribution in [0.15, 0.2) is 60.2 Å². The van der Waals surface area contributed by atoms with Crippen LogP contribution in [0.2, 0.25) is 0 Å². The van der Waals surface area contributed by atoms with Crippen molar-refractivity contribution in [1.82, 2.24) is 0 Å². The molecule has 2 rings (SSSR count). The molecule has 0 saturated heterocycles. The van der Waals surface area contributed by atoms with Gasteiger partial charge in [0.2, 0.25) is 0 Å². The van der Waals surface area contributed by atoms with E-state index in [1.807, 2.05) is 18.2 Å². The molecule has 0 fully saturated rings. The van der Waals surface area contributed by atoms with Crippen molar-refractivity contribution in [1.29, 1.82) is 0 Å². The molecule has 0 amide bonds. The van der Waals surface area contributed by atoms with Gasteiger partial charge in [-0.2, -0.15) is 0 Å². The number of hydrogen-bond acceptors (Lipinski definition) is 2. The molecule has 0 aromatic heterocycles. The minimum atomic E-state index is -0.249. The molecule has 22 heavy (non-hydrogen) atoms. The Hall–Kier alpha value is -2.35. The van der Waals surface area contributed by atoms with Gasteiger partial charge in [0.05, 0.1) is 0 Å². The summed E-state index contributed by atoms with van der Waals surface area (Å²) in [5.74, 6) is -0.249. The summed E-state index contributed by atoms with van der Waals surface area (Å²) in [6.07, 6.45) is 3.92. The lowest BCUT2D eigenvalue weighted by atomic mass is 10.0. The maximum atomic E-state index is 11.1. The minimum Gasteiger partial charge on any atom is -0.461 e. The van der Waals surface area contributed by atoms with Crippen LogP contribution in [-0.2, 0) is 22.4 Å². The highest BCUT2D eigenvalue weighted by molar-refractivity contribution is 5.66. The molecule has 0 aliphatic rings. The second-order valence-corrected chi connectivity index (χ2v) is 5.34. The van der Waals surface area contributed by atoms with Crippen LogP contribution in [0.25, 0.3) is 6.08 Å². The number of ether oxygens (including phenoxy) is 1. The van der Waals surface area contributed by atoms with Crippen molar-refractivity contribution in [2.45, 2.75) is 26.7 Å². The van der Waals surface area contributed by atoms with Gasteiger partial charge in [0.15, 0.2) is 0 Å². The first-order chi connectivity index (χ1) is 10.7. The lowest BCUT2D eigenvalue weighted by Gasteiger charge is -2.09. The van der Waals surface area contributed by atoms with E-state index < -0.39 is 0 Å². The molecule has 2 aromatic carbocycles. The first-order valence-corrected chi connectivity index (χ1v) is 7.63. The lowest BCUT2D eigenvalue weighted by molar-refractivity contribution is -0.139. The van der Waals surface area contributed by atoms with E-state index >= 15 is 0 Å². The molecule has 0 N–H and O–H groups in total. The van der Waals surface area contributed by atoms with Crippen LogP contribution < -0.4 is 0 Å². The molecule has 2 aromatic rings. The van der Waals surface area contributed by atoms with E-state index in [1.54, 1.807) is 0 Å². The lowest BCUT2D eigenvalue weighted by Crippen LogP contribution is -2.05. The zero-order chi connectivity index (χ0) is 15.8. The Labute approximate surface area is 132 Å². The summed E-state index contributed by atoms with van der Waals surface area (Å²) >= 11 is 0. The van der Waals surface area contributed by atoms with Crippen molar-refractivity contribution < 1.29 is 9.53 Å². The third kappa shape index (κ3) is 5.21. The fourth-order valence-electron chi connectivity index (χ4n) is 2.33. The summed E-state index contributed by atoms with van der Waals surface area (Å²) in [4.78, 5) is 11.1. The van der Waals surface area contributed by atoms with Crippen molar-refractivity contribution in [2.75, 3.05) is 6.61 Å². The Morgan fingerprint density at radius 3 is 2.45 bits per heavy atom. The quantitative estimate of drug-likeness (QED) is 0.736. The molecule has 2 heteroatoms. The van der Waals surface area contributed by atoms with Crippen molar-refractivity contribution >= 4 is 12.0 Å². The zero-order valence-electron chi connectivity index (χ0n) is 13.2. The summed E-state index contributed by atoms with van der Waals surface area (Å²) < 4.78 is 5.20. The van der Waals surface area contributed by atoms with Crippen LogP contribution >= 0.6 is 0 Å². The fourth-order valence-corrected chi connectivity index (χ4v) is 2.33. The Morgan fingerprint density at radius 1 is 1.05 bits per heavy atom. The number of aryl methyl sites for hydroxylation is 1. The van der Waals surface area contributed by atoms with Crippen LogP contribution in [0.1, 0.15) is 30.5 Å². The maximum absolute atomic E-state index is 11.1. The van der Waals surface area contributed by atoms with Crippen molar-refractivity contribution in [2.24, 2.45) is 0 Å². The van der Waals surface area contributed by atoms with E-state index in [4.69, 9.17) is 4.74 Å². The number of benzene rings is 2. The number of rotatable bonds is 6. The molecule has 0 heterocycles. The van der Waals surface area contributed by atoms with E-state index in [9.17, 15) is 4.79 Å². The van der Waals surface area contributed by atoms with E-state index in [-0.39, 0.29) is 5.97 Å². The molecule has 0 aliphatic carbocycles. The van der Waals surface area contributed by atoms with Gasteiger partial charge < -0.3 is 4.74 Å². The van der Waals surface area contributed by atoms with Crippen LogP contribution in [-0.4, -0.2) is 12.6 Å². The third-order valence-corrected chi connectivity index (χ3v) is 3.46. The Morgan fingerprint density at radius 2 is 1.77 bits per heavy atom. The molecule has 114 valence electrons. The van der Waals surface area contributed by atoms with Gasteiger partial charge in [-0.3, -0.25) is 4.79 Å². The molecule has 0 radical (unpaired) electrons. The highest BCUT2D eigenvalue weighted by Gasteiger charge is 2.04. The molecule has 0 unspecified atom stereocenters. The summed E-state index contributed by atoms with van der Waals surface area (Å²) in [5, 5.41) is 0. The highest BCUT2D eigenvalue weighted by atomic mass is 16.5. The zero-order valence-corrected chi connectivity index (χ0v) is 13.2. The number of carbonyl (C=O) groups is 1. The average Bonchev–Trinajstić information content (AvgIpc) is 2.54. The largest absolute Gasteiger partial charge is 0.461 e. The second-order valence-electron chi connectivity index (χ2n) is 5.34. The Kier molecular flexibility index (Phi) is 5.96. The van der Waals surface area contributed by atoms with Crippen LogP contribution in [0, 0.1) is 0 Å². The minimum absolute atomic E-state index is 0.249. The van der Waals surface area contributed by atoms with Crippen molar-refractivity contribution in [3.05, 3.63) is 76.9 Å². The molecule has 0 saturated carbocycles. The van der Waals surface area contributed by atoms with Gasteiger partial charge in [0, 0.05) is 6.92 Å². The first kappa shape index (κ1) is 16.0. The van der Waals surface area contributed by atoms with E-state index in [0.717, 1.165) is 24.0 Å². The van der Waals surface area contributed by atoms with Gasteiger partial charge in [-0.15, -0.1) is 0 Å². The van der Waals surface area contributed by atoms with E-state index in [2.05, 4.69) is 49.4 Å². The number of carbonyl (C=O) groups excluding carboxylic acids is 1. The maximum Gasteiger partial charge on any atom is 0.302 e. The topological polar surface area (TPSA) is 26.3 Å². The normalized spacial score (nSPS) is 11.3. The van der Waals surface area contributed by atoms with Crippen LogP contribution in [0.4, 0.5) is 0 Å². The number of esters is 1. The predicted molar refractivity (Wildman–Crippen MR) is 90.6 cm³/mol. The molecule has 0 atom stereocenters. The van der Waals surface area contributed by atoms with Crippen LogP contribution in [0.5, 0.6) is 0 Å². The average molecular weight is 294 g/mol. The summed E-state index contributed by atoms with van der Waals surface area (Å²) in [6, 6.07) is 18.7. The highest BCUT2D eigenvalue weighted by Crippen LogP contribution is 2.15. The standard InChI is InChI=1S/C20H22O2/c1-3-17-10-7-11-19(12-17)14-20(15-22-16(2)21)13-18-8-5-4-6-9-18/h4-12,14H,3,13,15H2,1-2H3/b20-14-. The first-order valence-electron chi connectivity index (χ1n) is 7.63. The van der Waals surface area contributed by atoms with Gasteiger partial charge in [-0.05, 0) is 35.1 Å². The molecule has 0 aliphatic heterocycles.